The van der Waals surface area contributed by atoms with Crippen LogP contribution in [0.2, 0.25) is 0 Å². The SMILES string of the molecule is COc1ccc2ncc(N(C)C)c(C(O)CCC3(C(=O)NO)CCN(CC#Cc4cc(F)cc(F)c4F)CC3)c2c1. The summed E-state index contributed by atoms with van der Waals surface area (Å²) < 4.78 is 46.1. The lowest BCUT2D eigenvalue weighted by atomic mass is 9.73. The molecular weight excluding hydrogens is 537 g/mol. The molecule has 218 valence electrons. The number of methoxy groups -OCH3 is 1. The van der Waals surface area contributed by atoms with Crippen molar-refractivity contribution in [3.05, 3.63) is 65.1 Å². The first-order chi connectivity index (χ1) is 19.6. The molecule has 3 aromatic rings. The molecule has 0 bridgehead atoms. The Bertz CT molecular complexity index is 1480. The molecule has 4 rings (SSSR count). The van der Waals surface area contributed by atoms with Crippen molar-refractivity contribution in [2.45, 2.75) is 31.8 Å². The van der Waals surface area contributed by atoms with E-state index in [0.717, 1.165) is 17.1 Å². The van der Waals surface area contributed by atoms with Gasteiger partial charge in [0.1, 0.15) is 11.6 Å². The maximum atomic E-state index is 13.9. The lowest BCUT2D eigenvalue weighted by Gasteiger charge is -2.40. The number of anilines is 1. The number of rotatable bonds is 8. The molecule has 0 saturated carbocycles. The molecule has 1 amide bonds. The minimum absolute atomic E-state index is 0.202. The number of hydroxylamine groups is 1. The van der Waals surface area contributed by atoms with Crippen LogP contribution in [0.1, 0.15) is 42.9 Å². The number of fused-ring (bicyclic) bond motifs is 1. The van der Waals surface area contributed by atoms with Crippen LogP contribution < -0.4 is 15.1 Å². The standard InChI is InChI=1S/C30H33F3N4O4/c1-36(2)25-18-34-24-7-6-21(41-3)17-22(24)27(25)26(38)8-9-30(29(39)35-40)10-13-37(14-11-30)12-4-5-19-15-20(31)16-23(32)28(19)33/h6-7,15-18,26,38,40H,8-14H2,1-3H3,(H,35,39). The topological polar surface area (TPSA) is 98.2 Å². The Hall–Kier alpha value is -3.85. The summed E-state index contributed by atoms with van der Waals surface area (Å²) in [5.74, 6) is 1.90. The Kier molecular flexibility index (Phi) is 9.38. The van der Waals surface area contributed by atoms with Gasteiger partial charge in [0, 0.05) is 44.2 Å². The van der Waals surface area contributed by atoms with Crippen molar-refractivity contribution in [1.29, 1.82) is 0 Å². The number of carbonyl (C=O) groups is 1. The molecule has 2 aromatic carbocycles. The zero-order chi connectivity index (χ0) is 29.7. The van der Waals surface area contributed by atoms with E-state index in [9.17, 15) is 28.3 Å². The highest BCUT2D eigenvalue weighted by molar-refractivity contribution is 5.88. The van der Waals surface area contributed by atoms with E-state index in [2.05, 4.69) is 16.8 Å². The Morgan fingerprint density at radius 1 is 1.22 bits per heavy atom. The molecule has 8 nitrogen and oxygen atoms in total. The highest BCUT2D eigenvalue weighted by atomic mass is 19.2. The van der Waals surface area contributed by atoms with E-state index in [1.807, 2.05) is 36.0 Å². The number of amides is 1. The van der Waals surface area contributed by atoms with Crippen LogP contribution in [0.5, 0.6) is 5.75 Å². The largest absolute Gasteiger partial charge is 0.497 e. The molecule has 1 fully saturated rings. The third kappa shape index (κ3) is 6.56. The normalized spacial score (nSPS) is 15.6. The van der Waals surface area contributed by atoms with Gasteiger partial charge in [-0.2, -0.15) is 0 Å². The van der Waals surface area contributed by atoms with Crippen molar-refractivity contribution < 1.29 is 33.0 Å². The van der Waals surface area contributed by atoms with E-state index in [1.54, 1.807) is 24.9 Å². The summed E-state index contributed by atoms with van der Waals surface area (Å²) in [6.07, 6.45) is 2.07. The zero-order valence-corrected chi connectivity index (χ0v) is 23.2. The Balaban J connectivity index is 1.49. The van der Waals surface area contributed by atoms with Crippen LogP contribution in [0.15, 0.2) is 36.5 Å². The van der Waals surface area contributed by atoms with E-state index in [-0.39, 0.29) is 18.5 Å². The molecule has 11 heteroatoms. The summed E-state index contributed by atoms with van der Waals surface area (Å²) in [4.78, 5) is 21.2. The van der Waals surface area contributed by atoms with Crippen LogP contribution in [-0.2, 0) is 4.79 Å². The summed E-state index contributed by atoms with van der Waals surface area (Å²) in [5, 5.41) is 21.7. The molecule has 1 saturated heterocycles. The molecule has 1 aliphatic rings. The van der Waals surface area contributed by atoms with E-state index >= 15 is 0 Å². The predicted octanol–water partition coefficient (Wildman–Crippen LogP) is 4.18. The number of carbonyl (C=O) groups excluding carboxylic acids is 1. The highest BCUT2D eigenvalue weighted by Crippen LogP contribution is 2.41. The number of hydrogen-bond donors (Lipinski definition) is 3. The van der Waals surface area contributed by atoms with Crippen molar-refractivity contribution in [1.82, 2.24) is 15.4 Å². The number of likely N-dealkylation sites (tertiary alicyclic amines) is 1. The van der Waals surface area contributed by atoms with Crippen molar-refractivity contribution >= 4 is 22.5 Å². The molecule has 41 heavy (non-hydrogen) atoms. The minimum Gasteiger partial charge on any atom is -0.497 e. The van der Waals surface area contributed by atoms with Gasteiger partial charge in [-0.15, -0.1) is 0 Å². The number of ether oxygens (including phenoxy) is 1. The maximum absolute atomic E-state index is 13.9. The second-order valence-corrected chi connectivity index (χ2v) is 10.4. The summed E-state index contributed by atoms with van der Waals surface area (Å²) >= 11 is 0. The Morgan fingerprint density at radius 3 is 2.61 bits per heavy atom. The van der Waals surface area contributed by atoms with Crippen LogP contribution in [-0.4, -0.2) is 66.9 Å². The van der Waals surface area contributed by atoms with Crippen molar-refractivity contribution in [2.75, 3.05) is 45.7 Å². The second-order valence-electron chi connectivity index (χ2n) is 10.4. The predicted molar refractivity (Wildman–Crippen MR) is 148 cm³/mol. The lowest BCUT2D eigenvalue weighted by molar-refractivity contribution is -0.143. The molecule has 1 aromatic heterocycles. The number of aliphatic hydroxyl groups excluding tert-OH is 1. The van der Waals surface area contributed by atoms with Gasteiger partial charge in [0.15, 0.2) is 11.6 Å². The highest BCUT2D eigenvalue weighted by Gasteiger charge is 2.41. The first kappa shape index (κ1) is 30.1. The smallest absolute Gasteiger partial charge is 0.249 e. The number of nitrogens with zero attached hydrogens (tertiary/aromatic N) is 3. The quantitative estimate of drug-likeness (QED) is 0.162. The number of halogens is 3. The molecule has 3 N–H and O–H groups in total. The molecule has 1 atom stereocenters. The molecule has 0 radical (unpaired) electrons. The number of nitrogens with one attached hydrogen (secondary N) is 1. The molecule has 0 aliphatic carbocycles. The van der Waals surface area contributed by atoms with E-state index < -0.39 is 34.9 Å². The molecule has 1 aliphatic heterocycles. The van der Waals surface area contributed by atoms with Crippen molar-refractivity contribution in [2.24, 2.45) is 5.41 Å². The van der Waals surface area contributed by atoms with Gasteiger partial charge in [0.05, 0.1) is 48.1 Å². The van der Waals surface area contributed by atoms with Gasteiger partial charge in [-0.05, 0) is 49.9 Å². The molecule has 1 unspecified atom stereocenters. The van der Waals surface area contributed by atoms with Gasteiger partial charge in [-0.25, -0.2) is 18.7 Å². The number of pyridine rings is 1. The Morgan fingerprint density at radius 2 is 1.95 bits per heavy atom. The molecule has 0 spiro atoms. The van der Waals surface area contributed by atoms with Crippen LogP contribution >= 0.6 is 0 Å². The van der Waals surface area contributed by atoms with Gasteiger partial charge in [0.25, 0.3) is 0 Å². The van der Waals surface area contributed by atoms with E-state index in [0.29, 0.717) is 55.2 Å². The first-order valence-corrected chi connectivity index (χ1v) is 13.2. The fourth-order valence-electron chi connectivity index (χ4n) is 5.31. The van der Waals surface area contributed by atoms with Crippen LogP contribution in [0, 0.1) is 34.7 Å². The van der Waals surface area contributed by atoms with Crippen molar-refractivity contribution in [3.8, 4) is 17.6 Å². The fraction of sp³-hybridized carbons (Fsp3) is 0.400. The van der Waals surface area contributed by atoms with Gasteiger partial charge in [-0.1, -0.05) is 11.8 Å². The summed E-state index contributed by atoms with van der Waals surface area (Å²) in [7, 11) is 5.28. The molecule has 2 heterocycles. The van der Waals surface area contributed by atoms with Gasteiger partial charge >= 0.3 is 0 Å². The maximum Gasteiger partial charge on any atom is 0.249 e. The second kappa shape index (κ2) is 12.8. The van der Waals surface area contributed by atoms with E-state index in [4.69, 9.17) is 4.74 Å². The minimum atomic E-state index is -1.30. The van der Waals surface area contributed by atoms with E-state index in [1.165, 1.54) is 0 Å². The zero-order valence-electron chi connectivity index (χ0n) is 23.2. The van der Waals surface area contributed by atoms with Gasteiger partial charge in [0.2, 0.25) is 5.91 Å². The van der Waals surface area contributed by atoms with Crippen molar-refractivity contribution in [3.63, 3.8) is 0 Å². The van der Waals surface area contributed by atoms with Crippen LogP contribution in [0.3, 0.4) is 0 Å². The lowest BCUT2D eigenvalue weighted by Crippen LogP contribution is -2.48. The number of aromatic nitrogens is 1. The first-order valence-electron chi connectivity index (χ1n) is 13.2. The van der Waals surface area contributed by atoms with Crippen LogP contribution in [0.4, 0.5) is 18.9 Å². The Labute approximate surface area is 236 Å². The average molecular weight is 571 g/mol. The third-order valence-electron chi connectivity index (χ3n) is 7.72. The van der Waals surface area contributed by atoms with Gasteiger partial charge < -0.3 is 14.7 Å². The summed E-state index contributed by atoms with van der Waals surface area (Å²) in [5.41, 5.74) is 2.61. The summed E-state index contributed by atoms with van der Waals surface area (Å²) in [6.45, 7) is 1.08. The van der Waals surface area contributed by atoms with Crippen LogP contribution in [0.25, 0.3) is 10.9 Å². The third-order valence-corrected chi connectivity index (χ3v) is 7.72. The van der Waals surface area contributed by atoms with Gasteiger partial charge in [-0.3, -0.25) is 19.9 Å². The number of aliphatic hydroxyl groups is 1. The molecular formula is C30H33F3N4O4. The number of hydrogen-bond acceptors (Lipinski definition) is 7. The average Bonchev–Trinajstić information content (AvgIpc) is 2.97. The number of piperidine rings is 1. The number of benzene rings is 2. The summed E-state index contributed by atoms with van der Waals surface area (Å²) in [6, 6.07) is 6.75. The fourth-order valence-corrected chi connectivity index (χ4v) is 5.31. The monoisotopic (exact) mass is 570 g/mol.